The van der Waals surface area contributed by atoms with Gasteiger partial charge in [-0.3, -0.25) is 9.88 Å². The van der Waals surface area contributed by atoms with Crippen LogP contribution in [0.3, 0.4) is 0 Å². The smallest absolute Gasteiger partial charge is 0.134 e. The predicted octanol–water partition coefficient (Wildman–Crippen LogP) is 6.97. The molecule has 0 atom stereocenters. The Kier molecular flexibility index (Phi) is 6.37. The van der Waals surface area contributed by atoms with E-state index in [1.807, 2.05) is 30.3 Å². The largest absolute Gasteiger partial charge is 0.289 e. The summed E-state index contributed by atoms with van der Waals surface area (Å²) in [5.41, 5.74) is 3.58. The Hall–Kier alpha value is -3.19. The average molecular weight is 495 g/mol. The van der Waals surface area contributed by atoms with Crippen LogP contribution in [0.25, 0.3) is 21.8 Å². The van der Waals surface area contributed by atoms with Gasteiger partial charge in [0.2, 0.25) is 0 Å². The molecule has 0 saturated heterocycles. The zero-order valence-corrected chi connectivity index (χ0v) is 19.4. The summed E-state index contributed by atoms with van der Waals surface area (Å²) in [6.45, 7) is 1.31. The van der Waals surface area contributed by atoms with E-state index in [1.165, 1.54) is 24.3 Å². The van der Waals surface area contributed by atoms with Gasteiger partial charge in [0.25, 0.3) is 0 Å². The number of nitrogens with zero attached hydrogens (tertiary/aromatic N) is 4. The summed E-state index contributed by atoms with van der Waals surface area (Å²) in [6, 6.07) is 18.2. The van der Waals surface area contributed by atoms with Crippen molar-refractivity contribution in [3.05, 3.63) is 112 Å². The molecule has 34 heavy (non-hydrogen) atoms. The first-order valence-electron chi connectivity index (χ1n) is 10.6. The van der Waals surface area contributed by atoms with Crippen LogP contribution in [0.15, 0.2) is 72.9 Å². The number of aromatic nitrogens is 3. The first-order chi connectivity index (χ1) is 16.4. The van der Waals surface area contributed by atoms with Crippen LogP contribution in [0.1, 0.15) is 16.8 Å². The molecule has 0 fully saturated rings. The van der Waals surface area contributed by atoms with Crippen molar-refractivity contribution >= 4 is 45.0 Å². The third-order valence-corrected chi connectivity index (χ3v) is 6.16. The predicted molar refractivity (Wildman–Crippen MR) is 131 cm³/mol. The highest BCUT2D eigenvalue weighted by molar-refractivity contribution is 6.31. The average Bonchev–Trinajstić information content (AvgIpc) is 2.81. The molecule has 170 valence electrons. The summed E-state index contributed by atoms with van der Waals surface area (Å²) >= 11 is 13.0. The van der Waals surface area contributed by atoms with Gasteiger partial charge < -0.3 is 0 Å². The van der Waals surface area contributed by atoms with Gasteiger partial charge in [0.05, 0.1) is 16.7 Å². The van der Waals surface area contributed by atoms with Gasteiger partial charge >= 0.3 is 0 Å². The topological polar surface area (TPSA) is 41.9 Å². The van der Waals surface area contributed by atoms with Crippen molar-refractivity contribution in [3.8, 4) is 0 Å². The van der Waals surface area contributed by atoms with Crippen LogP contribution >= 0.6 is 23.2 Å². The summed E-state index contributed by atoms with van der Waals surface area (Å²) in [5, 5.41) is 2.01. The van der Waals surface area contributed by atoms with Crippen LogP contribution in [-0.2, 0) is 19.6 Å². The van der Waals surface area contributed by atoms with Gasteiger partial charge in [-0.2, -0.15) is 0 Å². The zero-order valence-electron chi connectivity index (χ0n) is 17.9. The minimum Gasteiger partial charge on any atom is -0.289 e. The van der Waals surface area contributed by atoms with Crippen LogP contribution in [0, 0.1) is 11.6 Å². The molecule has 3 aromatic heterocycles. The van der Waals surface area contributed by atoms with Crippen molar-refractivity contribution < 1.29 is 8.78 Å². The lowest BCUT2D eigenvalue weighted by molar-refractivity contribution is 0.244. The molecule has 0 radical (unpaired) electrons. The Bertz CT molecular complexity index is 1400. The van der Waals surface area contributed by atoms with Gasteiger partial charge in [-0.05, 0) is 60.7 Å². The van der Waals surface area contributed by atoms with E-state index in [2.05, 4.69) is 19.9 Å². The maximum Gasteiger partial charge on any atom is 0.134 e. The number of fused-ring (bicyclic) bond motifs is 2. The van der Waals surface area contributed by atoms with Gasteiger partial charge in [0.1, 0.15) is 21.9 Å². The lowest BCUT2D eigenvalue weighted by Gasteiger charge is -2.23. The van der Waals surface area contributed by atoms with E-state index >= 15 is 0 Å². The van der Waals surface area contributed by atoms with Gasteiger partial charge in [-0.15, -0.1) is 0 Å². The molecular formula is C26H18Cl2F2N4. The molecule has 0 spiro atoms. The molecule has 8 heteroatoms. The molecule has 0 unspecified atom stereocenters. The summed E-state index contributed by atoms with van der Waals surface area (Å²) in [4.78, 5) is 15.4. The molecule has 0 aliphatic rings. The van der Waals surface area contributed by atoms with E-state index in [-0.39, 0.29) is 11.6 Å². The lowest BCUT2D eigenvalue weighted by atomic mass is 10.1. The molecule has 0 amide bonds. The molecule has 5 rings (SSSR count). The monoisotopic (exact) mass is 494 g/mol. The molecule has 0 bridgehead atoms. The molecule has 5 aromatic rings. The number of halogens is 4. The van der Waals surface area contributed by atoms with Gasteiger partial charge in [-0.25, -0.2) is 18.7 Å². The third-order valence-electron chi connectivity index (χ3n) is 5.51. The maximum absolute atomic E-state index is 13.8. The number of benzene rings is 2. The number of hydrogen-bond acceptors (Lipinski definition) is 4. The van der Waals surface area contributed by atoms with Crippen LogP contribution in [0.5, 0.6) is 0 Å². The van der Waals surface area contributed by atoms with Crippen molar-refractivity contribution in [3.63, 3.8) is 0 Å². The minimum absolute atomic E-state index is 0.339. The highest BCUT2D eigenvalue weighted by Crippen LogP contribution is 2.27. The molecule has 3 heterocycles. The van der Waals surface area contributed by atoms with Gasteiger partial charge in [-0.1, -0.05) is 29.3 Å². The van der Waals surface area contributed by atoms with E-state index in [9.17, 15) is 8.78 Å². The Balaban J connectivity index is 1.51. The van der Waals surface area contributed by atoms with Crippen LogP contribution in [-0.4, -0.2) is 19.9 Å². The van der Waals surface area contributed by atoms with Gasteiger partial charge in [0, 0.05) is 47.7 Å². The van der Waals surface area contributed by atoms with Crippen molar-refractivity contribution in [1.29, 1.82) is 0 Å². The highest BCUT2D eigenvalue weighted by Gasteiger charge is 2.16. The Morgan fingerprint density at radius 1 is 0.676 bits per heavy atom. The maximum atomic E-state index is 13.8. The van der Waals surface area contributed by atoms with Crippen molar-refractivity contribution in [2.24, 2.45) is 0 Å². The Morgan fingerprint density at radius 2 is 1.24 bits per heavy atom. The fourth-order valence-electron chi connectivity index (χ4n) is 3.93. The summed E-state index contributed by atoms with van der Waals surface area (Å²) in [7, 11) is 0. The minimum atomic E-state index is -0.339. The van der Waals surface area contributed by atoms with E-state index < -0.39 is 0 Å². The van der Waals surface area contributed by atoms with E-state index in [4.69, 9.17) is 23.2 Å². The third kappa shape index (κ3) is 4.99. The Morgan fingerprint density at radius 3 is 1.74 bits per heavy atom. The number of hydrogen-bond donors (Lipinski definition) is 0. The zero-order chi connectivity index (χ0) is 23.7. The standard InChI is InChI=1S/C26H18Cl2F2N4/c27-25-18(9-16-11-20(29)4-6-23(16)32-25)13-34(15-22-3-1-2-8-31-22)14-19-10-17-12-21(30)5-7-24(17)33-26(19)28/h1-12H,13-15H2. The lowest BCUT2D eigenvalue weighted by Crippen LogP contribution is -2.23. The molecule has 0 aliphatic carbocycles. The summed E-state index contributed by atoms with van der Waals surface area (Å²) < 4.78 is 27.6. The van der Waals surface area contributed by atoms with Crippen LogP contribution in [0.4, 0.5) is 8.78 Å². The summed E-state index contributed by atoms with van der Waals surface area (Å²) in [5.74, 6) is -0.677. The summed E-state index contributed by atoms with van der Waals surface area (Å²) in [6.07, 6.45) is 1.73. The number of pyridine rings is 3. The normalized spacial score (nSPS) is 11.6. The molecule has 0 saturated carbocycles. The fraction of sp³-hybridized carbons (Fsp3) is 0.115. The second-order valence-electron chi connectivity index (χ2n) is 8.02. The van der Waals surface area contributed by atoms with Crippen LogP contribution < -0.4 is 0 Å². The molecule has 4 nitrogen and oxygen atoms in total. The molecule has 0 N–H and O–H groups in total. The SMILES string of the molecule is Fc1ccc2nc(Cl)c(CN(Cc3ccccn3)Cc3cc4cc(F)ccc4nc3Cl)cc2c1. The first-order valence-corrected chi connectivity index (χ1v) is 11.3. The van der Waals surface area contributed by atoms with Crippen molar-refractivity contribution in [2.45, 2.75) is 19.6 Å². The molecule has 0 aliphatic heterocycles. The van der Waals surface area contributed by atoms with Gasteiger partial charge in [0.15, 0.2) is 0 Å². The quantitative estimate of drug-likeness (QED) is 0.239. The van der Waals surface area contributed by atoms with E-state index in [0.29, 0.717) is 51.7 Å². The van der Waals surface area contributed by atoms with Crippen molar-refractivity contribution in [2.75, 3.05) is 0 Å². The number of rotatable bonds is 6. The Labute approximate surface area is 204 Å². The highest BCUT2D eigenvalue weighted by atomic mass is 35.5. The second kappa shape index (κ2) is 9.58. The van der Waals surface area contributed by atoms with E-state index in [1.54, 1.807) is 18.3 Å². The van der Waals surface area contributed by atoms with Crippen molar-refractivity contribution in [1.82, 2.24) is 19.9 Å². The molecule has 2 aromatic carbocycles. The van der Waals surface area contributed by atoms with E-state index in [0.717, 1.165) is 16.8 Å². The molecular weight excluding hydrogens is 477 g/mol. The first kappa shape index (κ1) is 22.6. The second-order valence-corrected chi connectivity index (χ2v) is 8.73. The van der Waals surface area contributed by atoms with Crippen LogP contribution in [0.2, 0.25) is 10.3 Å². The fourth-order valence-corrected chi connectivity index (χ4v) is 4.34.